The fourth-order valence-electron chi connectivity index (χ4n) is 1.43. The quantitative estimate of drug-likeness (QED) is 0.773. The van der Waals surface area contributed by atoms with Crippen molar-refractivity contribution in [3.05, 3.63) is 40.3 Å². The van der Waals surface area contributed by atoms with Gasteiger partial charge in [-0.2, -0.15) is 0 Å². The summed E-state index contributed by atoms with van der Waals surface area (Å²) >= 11 is 3.43. The van der Waals surface area contributed by atoms with Gasteiger partial charge >= 0.3 is 0 Å². The average Bonchev–Trinajstić information content (AvgIpc) is 2.45. The molecule has 1 aromatic heterocycles. The van der Waals surface area contributed by atoms with Crippen LogP contribution in [0.3, 0.4) is 0 Å². The largest absolute Gasteiger partial charge is 0.441 e. The molecule has 0 unspecified atom stereocenters. The molecule has 0 amide bonds. The minimum atomic E-state index is 0.706. The van der Waals surface area contributed by atoms with E-state index < -0.39 is 0 Å². The van der Waals surface area contributed by atoms with Crippen LogP contribution < -0.4 is 0 Å². The highest BCUT2D eigenvalue weighted by Gasteiger charge is 2.08. The van der Waals surface area contributed by atoms with Crippen LogP contribution in [0.2, 0.25) is 0 Å². The number of benzene rings is 1. The van der Waals surface area contributed by atoms with E-state index >= 15 is 0 Å². The Morgan fingerprint density at radius 1 is 1.29 bits per heavy atom. The molecule has 0 atom stereocenters. The number of aromatic nitrogens is 1. The van der Waals surface area contributed by atoms with Crippen LogP contribution in [0.25, 0.3) is 11.3 Å². The lowest BCUT2D eigenvalue weighted by Crippen LogP contribution is -1.78. The van der Waals surface area contributed by atoms with Gasteiger partial charge in [0.25, 0.3) is 0 Å². The molecule has 0 aliphatic rings. The summed E-state index contributed by atoms with van der Waals surface area (Å²) in [6.07, 6.45) is 0. The normalized spacial score (nSPS) is 10.5. The summed E-state index contributed by atoms with van der Waals surface area (Å²) in [6, 6.07) is 8.00. The summed E-state index contributed by atoms with van der Waals surface area (Å²) in [6.45, 7) is 3.81. The molecule has 14 heavy (non-hydrogen) atoms. The summed E-state index contributed by atoms with van der Waals surface area (Å²) in [7, 11) is 0. The van der Waals surface area contributed by atoms with Crippen molar-refractivity contribution in [3.63, 3.8) is 0 Å². The van der Waals surface area contributed by atoms with Gasteiger partial charge in [-0.05, 0) is 19.1 Å². The molecule has 0 radical (unpaired) electrons. The first kappa shape index (κ1) is 9.46. The van der Waals surface area contributed by atoms with Crippen LogP contribution in [0.5, 0.6) is 0 Å². The second kappa shape index (κ2) is 3.58. The predicted molar refractivity (Wildman–Crippen MR) is 59.1 cm³/mol. The maximum Gasteiger partial charge on any atom is 0.192 e. The second-order valence-corrected chi connectivity index (χ2v) is 4.07. The van der Waals surface area contributed by atoms with Crippen molar-refractivity contribution in [2.24, 2.45) is 0 Å². The average molecular weight is 252 g/mol. The summed E-state index contributed by atoms with van der Waals surface area (Å²) in [4.78, 5) is 4.24. The highest BCUT2D eigenvalue weighted by molar-refractivity contribution is 9.10. The molecule has 1 aromatic carbocycles. The third kappa shape index (κ3) is 1.73. The SMILES string of the molecule is Cc1nc(C)c(-c2cccc(Br)c2)o1. The van der Waals surface area contributed by atoms with E-state index in [1.807, 2.05) is 38.1 Å². The van der Waals surface area contributed by atoms with Gasteiger partial charge in [-0.1, -0.05) is 28.1 Å². The number of halogens is 1. The van der Waals surface area contributed by atoms with Gasteiger partial charge in [0.2, 0.25) is 0 Å². The van der Waals surface area contributed by atoms with Gasteiger partial charge in [0, 0.05) is 17.0 Å². The molecular weight excluding hydrogens is 242 g/mol. The monoisotopic (exact) mass is 251 g/mol. The van der Waals surface area contributed by atoms with E-state index in [1.165, 1.54) is 0 Å². The van der Waals surface area contributed by atoms with Gasteiger partial charge < -0.3 is 4.42 Å². The minimum absolute atomic E-state index is 0.706. The third-order valence-electron chi connectivity index (χ3n) is 1.99. The molecule has 0 N–H and O–H groups in total. The predicted octanol–water partition coefficient (Wildman–Crippen LogP) is 3.72. The molecule has 0 spiro atoms. The maximum atomic E-state index is 5.52. The Balaban J connectivity index is 2.54. The Labute approximate surface area is 91.1 Å². The van der Waals surface area contributed by atoms with Crippen molar-refractivity contribution in [2.75, 3.05) is 0 Å². The lowest BCUT2D eigenvalue weighted by atomic mass is 10.1. The van der Waals surface area contributed by atoms with Crippen LogP contribution in [-0.4, -0.2) is 4.98 Å². The zero-order valence-electron chi connectivity index (χ0n) is 8.04. The van der Waals surface area contributed by atoms with Crippen LogP contribution in [0, 0.1) is 13.8 Å². The van der Waals surface area contributed by atoms with E-state index in [0.717, 1.165) is 21.5 Å². The molecule has 3 heteroatoms. The molecule has 2 nitrogen and oxygen atoms in total. The first-order chi connectivity index (χ1) is 6.66. The van der Waals surface area contributed by atoms with Gasteiger partial charge in [-0.3, -0.25) is 0 Å². The number of hydrogen-bond acceptors (Lipinski definition) is 2. The topological polar surface area (TPSA) is 26.0 Å². The molecule has 72 valence electrons. The van der Waals surface area contributed by atoms with Gasteiger partial charge in [-0.15, -0.1) is 0 Å². The lowest BCUT2D eigenvalue weighted by Gasteiger charge is -1.97. The molecule has 2 rings (SSSR count). The van der Waals surface area contributed by atoms with Crippen molar-refractivity contribution >= 4 is 15.9 Å². The maximum absolute atomic E-state index is 5.52. The number of aryl methyl sites for hydroxylation is 2. The van der Waals surface area contributed by atoms with E-state index in [4.69, 9.17) is 4.42 Å². The summed E-state index contributed by atoms with van der Waals surface area (Å²) in [5.74, 6) is 1.56. The van der Waals surface area contributed by atoms with Crippen LogP contribution in [0.1, 0.15) is 11.6 Å². The summed E-state index contributed by atoms with van der Waals surface area (Å²) in [5, 5.41) is 0. The van der Waals surface area contributed by atoms with Gasteiger partial charge in [0.15, 0.2) is 11.7 Å². The Hall–Kier alpha value is -1.09. The van der Waals surface area contributed by atoms with Crippen molar-refractivity contribution in [1.82, 2.24) is 4.98 Å². The Morgan fingerprint density at radius 2 is 2.07 bits per heavy atom. The Bertz CT molecular complexity index is 462. The van der Waals surface area contributed by atoms with E-state index in [2.05, 4.69) is 20.9 Å². The number of oxazole rings is 1. The first-order valence-corrected chi connectivity index (χ1v) is 5.16. The first-order valence-electron chi connectivity index (χ1n) is 4.37. The van der Waals surface area contributed by atoms with Gasteiger partial charge in [-0.25, -0.2) is 4.98 Å². The molecule has 1 heterocycles. The van der Waals surface area contributed by atoms with Crippen LogP contribution in [0.4, 0.5) is 0 Å². The highest BCUT2D eigenvalue weighted by atomic mass is 79.9. The van der Waals surface area contributed by atoms with Gasteiger partial charge in [0.1, 0.15) is 0 Å². The molecule has 0 bridgehead atoms. The van der Waals surface area contributed by atoms with E-state index in [-0.39, 0.29) is 0 Å². The second-order valence-electron chi connectivity index (χ2n) is 3.16. The van der Waals surface area contributed by atoms with Crippen molar-refractivity contribution in [1.29, 1.82) is 0 Å². The zero-order chi connectivity index (χ0) is 10.1. The molecule has 0 saturated carbocycles. The fourth-order valence-corrected chi connectivity index (χ4v) is 1.83. The smallest absolute Gasteiger partial charge is 0.192 e. The zero-order valence-corrected chi connectivity index (χ0v) is 9.63. The molecule has 0 saturated heterocycles. The fraction of sp³-hybridized carbons (Fsp3) is 0.182. The Kier molecular flexibility index (Phi) is 2.42. The van der Waals surface area contributed by atoms with E-state index in [9.17, 15) is 0 Å². The number of rotatable bonds is 1. The van der Waals surface area contributed by atoms with Crippen LogP contribution in [0.15, 0.2) is 33.2 Å². The third-order valence-corrected chi connectivity index (χ3v) is 2.48. The molecular formula is C11H10BrNO. The Morgan fingerprint density at radius 3 is 2.64 bits per heavy atom. The van der Waals surface area contributed by atoms with E-state index in [0.29, 0.717) is 5.89 Å². The highest BCUT2D eigenvalue weighted by Crippen LogP contribution is 2.26. The molecule has 0 aliphatic heterocycles. The molecule has 2 aromatic rings. The lowest BCUT2D eigenvalue weighted by molar-refractivity contribution is 0.534. The van der Waals surface area contributed by atoms with Crippen LogP contribution in [-0.2, 0) is 0 Å². The van der Waals surface area contributed by atoms with Crippen molar-refractivity contribution in [3.8, 4) is 11.3 Å². The van der Waals surface area contributed by atoms with E-state index in [1.54, 1.807) is 0 Å². The summed E-state index contributed by atoms with van der Waals surface area (Å²) in [5.41, 5.74) is 1.98. The minimum Gasteiger partial charge on any atom is -0.441 e. The molecule has 0 fully saturated rings. The van der Waals surface area contributed by atoms with Crippen molar-refractivity contribution in [2.45, 2.75) is 13.8 Å². The number of nitrogens with zero attached hydrogens (tertiary/aromatic N) is 1. The summed E-state index contributed by atoms with van der Waals surface area (Å²) < 4.78 is 6.57. The van der Waals surface area contributed by atoms with Crippen LogP contribution >= 0.6 is 15.9 Å². The molecule has 0 aliphatic carbocycles. The standard InChI is InChI=1S/C11H10BrNO/c1-7-11(14-8(2)13-7)9-4-3-5-10(12)6-9/h3-6H,1-2H3. The van der Waals surface area contributed by atoms with Gasteiger partial charge in [0.05, 0.1) is 5.69 Å². The number of hydrogen-bond donors (Lipinski definition) is 0. The van der Waals surface area contributed by atoms with Crippen molar-refractivity contribution < 1.29 is 4.42 Å².